The van der Waals surface area contributed by atoms with Gasteiger partial charge >= 0.3 is 0 Å². The molecule has 0 heterocycles. The molecule has 0 aliphatic carbocycles. The largest absolute Gasteiger partial charge is 0.494 e. The third kappa shape index (κ3) is 9.65. The van der Waals surface area contributed by atoms with Crippen LogP contribution in [0.25, 0.3) is 0 Å². The Labute approximate surface area is 143 Å². The van der Waals surface area contributed by atoms with Crippen LogP contribution in [0.5, 0.6) is 5.75 Å². The lowest BCUT2D eigenvalue weighted by Crippen LogP contribution is -1.98. The highest BCUT2D eigenvalue weighted by molar-refractivity contribution is 5.29. The summed E-state index contributed by atoms with van der Waals surface area (Å²) in [4.78, 5) is 0. The van der Waals surface area contributed by atoms with Crippen molar-refractivity contribution in [2.75, 3.05) is 13.2 Å². The van der Waals surface area contributed by atoms with Gasteiger partial charge in [-0.25, -0.2) is 0 Å². The molecule has 0 saturated carbocycles. The third-order valence-corrected chi connectivity index (χ3v) is 4.63. The molecule has 0 aliphatic rings. The summed E-state index contributed by atoms with van der Waals surface area (Å²) in [5, 5.41) is 8.71. The molecule has 23 heavy (non-hydrogen) atoms. The monoisotopic (exact) mass is 320 g/mol. The van der Waals surface area contributed by atoms with Crippen LogP contribution in [0.3, 0.4) is 0 Å². The Balaban J connectivity index is 1.96. The first-order valence-electron chi connectivity index (χ1n) is 9.61. The highest BCUT2D eigenvalue weighted by Crippen LogP contribution is 2.21. The van der Waals surface area contributed by atoms with E-state index in [-0.39, 0.29) is 0 Å². The molecule has 1 aromatic rings. The van der Waals surface area contributed by atoms with Gasteiger partial charge in [0.25, 0.3) is 0 Å². The van der Waals surface area contributed by atoms with Crippen molar-refractivity contribution in [2.45, 2.75) is 84.0 Å². The molecule has 132 valence electrons. The van der Waals surface area contributed by atoms with E-state index in [0.29, 0.717) is 12.5 Å². The molecule has 0 amide bonds. The fourth-order valence-electron chi connectivity index (χ4n) is 2.77. The van der Waals surface area contributed by atoms with Gasteiger partial charge in [-0.15, -0.1) is 0 Å². The fraction of sp³-hybridized carbons (Fsp3) is 0.714. The van der Waals surface area contributed by atoms with Crippen molar-refractivity contribution >= 4 is 0 Å². The van der Waals surface area contributed by atoms with Crippen molar-refractivity contribution in [1.29, 1.82) is 0 Å². The molecule has 2 heteroatoms. The molecule has 1 atom stereocenters. The summed E-state index contributed by atoms with van der Waals surface area (Å²) < 4.78 is 5.82. The molecule has 2 nitrogen and oxygen atoms in total. The van der Waals surface area contributed by atoms with Crippen LogP contribution in [0.1, 0.15) is 89.5 Å². The van der Waals surface area contributed by atoms with Crippen LogP contribution in [-0.4, -0.2) is 18.3 Å². The normalized spacial score (nSPS) is 12.3. The molecule has 1 aromatic carbocycles. The zero-order valence-corrected chi connectivity index (χ0v) is 15.2. The standard InChI is InChI=1S/C21H36O2/c1-3-19(2)20-13-15-21(16-14-20)23-18-12-10-8-6-4-5-7-9-11-17-22/h13-16,19,22H,3-12,17-18H2,1-2H3. The summed E-state index contributed by atoms with van der Waals surface area (Å²) in [5.74, 6) is 1.63. The van der Waals surface area contributed by atoms with Crippen LogP contribution in [0.2, 0.25) is 0 Å². The summed E-state index contributed by atoms with van der Waals surface area (Å²) >= 11 is 0. The van der Waals surface area contributed by atoms with Gasteiger partial charge in [0.05, 0.1) is 6.61 Å². The minimum atomic E-state index is 0.348. The van der Waals surface area contributed by atoms with Crippen LogP contribution in [0.4, 0.5) is 0 Å². The predicted molar refractivity (Wildman–Crippen MR) is 99.3 cm³/mol. The first kappa shape index (κ1) is 20.0. The SMILES string of the molecule is CCC(C)c1ccc(OCCCCCCCCCCCO)cc1. The van der Waals surface area contributed by atoms with E-state index in [9.17, 15) is 0 Å². The lowest BCUT2D eigenvalue weighted by Gasteiger charge is -2.10. The summed E-state index contributed by atoms with van der Waals surface area (Å²) in [6.45, 7) is 5.67. The third-order valence-electron chi connectivity index (χ3n) is 4.63. The van der Waals surface area contributed by atoms with Crippen LogP contribution in [-0.2, 0) is 0 Å². The van der Waals surface area contributed by atoms with Crippen molar-refractivity contribution in [3.63, 3.8) is 0 Å². The fourth-order valence-corrected chi connectivity index (χ4v) is 2.77. The molecule has 1 unspecified atom stereocenters. The topological polar surface area (TPSA) is 29.5 Å². The Hall–Kier alpha value is -1.02. The van der Waals surface area contributed by atoms with Gasteiger partial charge < -0.3 is 9.84 Å². The Morgan fingerprint density at radius 3 is 1.87 bits per heavy atom. The van der Waals surface area contributed by atoms with Crippen molar-refractivity contribution in [3.8, 4) is 5.75 Å². The van der Waals surface area contributed by atoms with Crippen LogP contribution >= 0.6 is 0 Å². The number of aliphatic hydroxyl groups excluding tert-OH is 1. The van der Waals surface area contributed by atoms with Crippen molar-refractivity contribution in [1.82, 2.24) is 0 Å². The molecule has 1 N–H and O–H groups in total. The van der Waals surface area contributed by atoms with Crippen LogP contribution in [0.15, 0.2) is 24.3 Å². The smallest absolute Gasteiger partial charge is 0.119 e. The quantitative estimate of drug-likeness (QED) is 0.421. The highest BCUT2D eigenvalue weighted by atomic mass is 16.5. The second-order valence-corrected chi connectivity index (χ2v) is 6.63. The first-order chi connectivity index (χ1) is 11.3. The summed E-state index contributed by atoms with van der Waals surface area (Å²) in [6, 6.07) is 8.60. The molecule has 0 spiro atoms. The van der Waals surface area contributed by atoms with Gasteiger partial charge in [-0.05, 0) is 42.9 Å². The van der Waals surface area contributed by atoms with E-state index in [4.69, 9.17) is 9.84 Å². The van der Waals surface area contributed by atoms with Gasteiger partial charge in [0.2, 0.25) is 0 Å². The first-order valence-corrected chi connectivity index (χ1v) is 9.61. The maximum atomic E-state index is 8.71. The van der Waals surface area contributed by atoms with E-state index in [0.717, 1.165) is 25.2 Å². The summed E-state index contributed by atoms with van der Waals surface area (Å²) in [5.41, 5.74) is 1.40. The van der Waals surface area contributed by atoms with Crippen molar-refractivity contribution < 1.29 is 9.84 Å². The van der Waals surface area contributed by atoms with Crippen molar-refractivity contribution in [2.24, 2.45) is 0 Å². The Morgan fingerprint density at radius 1 is 0.826 bits per heavy atom. The molecule has 0 aromatic heterocycles. The van der Waals surface area contributed by atoms with Gasteiger partial charge in [0, 0.05) is 6.61 Å². The number of hydrogen-bond donors (Lipinski definition) is 1. The van der Waals surface area contributed by atoms with E-state index in [2.05, 4.69) is 38.1 Å². The number of aliphatic hydroxyl groups is 1. The van der Waals surface area contributed by atoms with Crippen LogP contribution in [0, 0.1) is 0 Å². The molecular weight excluding hydrogens is 284 g/mol. The zero-order valence-electron chi connectivity index (χ0n) is 15.2. The molecule has 1 rings (SSSR count). The van der Waals surface area contributed by atoms with Gasteiger partial charge in [-0.3, -0.25) is 0 Å². The van der Waals surface area contributed by atoms with E-state index < -0.39 is 0 Å². The van der Waals surface area contributed by atoms with Gasteiger partial charge in [-0.2, -0.15) is 0 Å². The van der Waals surface area contributed by atoms with Crippen LogP contribution < -0.4 is 4.74 Å². The second kappa shape index (κ2) is 13.4. The summed E-state index contributed by atoms with van der Waals surface area (Å²) in [7, 11) is 0. The Morgan fingerprint density at radius 2 is 1.35 bits per heavy atom. The molecule has 0 aliphatic heterocycles. The number of unbranched alkanes of at least 4 members (excludes halogenated alkanes) is 8. The maximum absolute atomic E-state index is 8.71. The van der Waals surface area contributed by atoms with Gasteiger partial charge in [0.15, 0.2) is 0 Å². The number of hydrogen-bond acceptors (Lipinski definition) is 2. The lowest BCUT2D eigenvalue weighted by molar-refractivity contribution is 0.282. The van der Waals surface area contributed by atoms with E-state index in [1.807, 2.05) is 0 Å². The minimum absolute atomic E-state index is 0.348. The van der Waals surface area contributed by atoms with E-state index >= 15 is 0 Å². The number of benzene rings is 1. The average Bonchev–Trinajstić information content (AvgIpc) is 2.59. The minimum Gasteiger partial charge on any atom is -0.494 e. The van der Waals surface area contributed by atoms with Crippen molar-refractivity contribution in [3.05, 3.63) is 29.8 Å². The number of rotatable bonds is 14. The molecule has 0 saturated heterocycles. The van der Waals surface area contributed by atoms with Gasteiger partial charge in [0.1, 0.15) is 5.75 Å². The molecule has 0 radical (unpaired) electrons. The molecular formula is C21H36O2. The predicted octanol–water partition coefficient (Wildman–Crippen LogP) is 6.08. The van der Waals surface area contributed by atoms with E-state index in [1.54, 1.807) is 0 Å². The Bertz CT molecular complexity index is 372. The number of ether oxygens (including phenoxy) is 1. The average molecular weight is 321 g/mol. The molecule has 0 fully saturated rings. The second-order valence-electron chi connectivity index (χ2n) is 6.63. The lowest BCUT2D eigenvalue weighted by atomic mass is 9.99. The summed E-state index contributed by atoms with van der Waals surface area (Å²) in [6.07, 6.45) is 12.3. The highest BCUT2D eigenvalue weighted by Gasteiger charge is 2.02. The zero-order chi connectivity index (χ0) is 16.8. The molecule has 0 bridgehead atoms. The maximum Gasteiger partial charge on any atom is 0.119 e. The Kier molecular flexibility index (Phi) is 11.7. The van der Waals surface area contributed by atoms with Gasteiger partial charge in [-0.1, -0.05) is 70.9 Å². The van der Waals surface area contributed by atoms with E-state index in [1.165, 1.54) is 56.9 Å².